The highest BCUT2D eigenvalue weighted by Crippen LogP contribution is 2.30. The summed E-state index contributed by atoms with van der Waals surface area (Å²) >= 11 is 0. The zero-order chi connectivity index (χ0) is 24.5. The lowest BCUT2D eigenvalue weighted by atomic mass is 9.99. The van der Waals surface area contributed by atoms with Gasteiger partial charge in [-0.1, -0.05) is 97.1 Å². The van der Waals surface area contributed by atoms with Crippen molar-refractivity contribution in [2.45, 2.75) is 0 Å². The second-order valence-corrected chi connectivity index (χ2v) is 8.44. The number of ether oxygens (including phenoxy) is 2. The van der Waals surface area contributed by atoms with E-state index < -0.39 is 11.9 Å². The van der Waals surface area contributed by atoms with Crippen LogP contribution in [0.15, 0.2) is 121 Å². The second-order valence-electron chi connectivity index (χ2n) is 8.44. The number of carbonyl (C=O) groups excluding carboxylic acids is 2. The molecule has 0 heterocycles. The maximum atomic E-state index is 13.3. The van der Waals surface area contributed by atoms with Gasteiger partial charge in [0.2, 0.25) is 0 Å². The molecule has 36 heavy (non-hydrogen) atoms. The largest absolute Gasteiger partial charge is 0.422 e. The van der Waals surface area contributed by atoms with Crippen LogP contribution in [0, 0.1) is 0 Å². The number of benzene rings is 6. The van der Waals surface area contributed by atoms with E-state index in [1.165, 1.54) is 0 Å². The topological polar surface area (TPSA) is 52.6 Å². The Hall–Kier alpha value is -4.96. The van der Waals surface area contributed by atoms with Crippen LogP contribution in [0.4, 0.5) is 0 Å². The van der Waals surface area contributed by atoms with Crippen LogP contribution in [-0.2, 0) is 0 Å². The summed E-state index contributed by atoms with van der Waals surface area (Å²) in [4.78, 5) is 26.5. The first-order valence-electron chi connectivity index (χ1n) is 11.6. The van der Waals surface area contributed by atoms with E-state index in [2.05, 4.69) is 0 Å². The Morgan fingerprint density at radius 2 is 0.750 bits per heavy atom. The van der Waals surface area contributed by atoms with Crippen LogP contribution in [0.3, 0.4) is 0 Å². The van der Waals surface area contributed by atoms with E-state index in [1.807, 2.05) is 97.1 Å². The summed E-state index contributed by atoms with van der Waals surface area (Å²) in [5.41, 5.74) is 0.750. The summed E-state index contributed by atoms with van der Waals surface area (Å²) in [7, 11) is 0. The van der Waals surface area contributed by atoms with Gasteiger partial charge in [-0.25, -0.2) is 9.59 Å². The van der Waals surface area contributed by atoms with Gasteiger partial charge in [-0.2, -0.15) is 0 Å². The molecule has 0 aliphatic carbocycles. The summed E-state index contributed by atoms with van der Waals surface area (Å²) in [5.74, 6) is -0.00343. The third-order valence-electron chi connectivity index (χ3n) is 6.27. The number of hydrogen-bond acceptors (Lipinski definition) is 4. The van der Waals surface area contributed by atoms with Crippen LogP contribution >= 0.6 is 0 Å². The standard InChI is InChI=1S/C32H20O4/c33-31(35-29-17-7-11-21-9-1-3-13-23(21)29)27-19-20-28(26-16-6-5-15-25(26)27)32(34)36-30-18-8-12-22-10-2-4-14-24(22)30/h1-20H. The Morgan fingerprint density at radius 1 is 0.389 bits per heavy atom. The molecule has 0 aromatic heterocycles. The fourth-order valence-corrected chi connectivity index (χ4v) is 4.53. The zero-order valence-corrected chi connectivity index (χ0v) is 19.2. The molecule has 0 saturated carbocycles. The Kier molecular flexibility index (Phi) is 5.39. The van der Waals surface area contributed by atoms with Gasteiger partial charge in [-0.15, -0.1) is 0 Å². The lowest BCUT2D eigenvalue weighted by Crippen LogP contribution is -2.13. The zero-order valence-electron chi connectivity index (χ0n) is 19.2. The van der Waals surface area contributed by atoms with Crippen LogP contribution in [0.25, 0.3) is 32.3 Å². The van der Waals surface area contributed by atoms with Crippen LogP contribution in [0.2, 0.25) is 0 Å². The van der Waals surface area contributed by atoms with Crippen molar-refractivity contribution >= 4 is 44.3 Å². The molecule has 0 atom stereocenters. The first-order valence-corrected chi connectivity index (χ1v) is 11.6. The van der Waals surface area contributed by atoms with Crippen molar-refractivity contribution in [3.05, 3.63) is 132 Å². The summed E-state index contributed by atoms with van der Waals surface area (Å²) in [6.07, 6.45) is 0. The molecule has 6 aromatic carbocycles. The average molecular weight is 469 g/mol. The molecule has 6 aromatic rings. The number of carbonyl (C=O) groups is 2. The summed E-state index contributed by atoms with van der Waals surface area (Å²) in [6.45, 7) is 0. The van der Waals surface area contributed by atoms with E-state index in [4.69, 9.17) is 9.47 Å². The molecule has 0 amide bonds. The van der Waals surface area contributed by atoms with E-state index in [9.17, 15) is 9.59 Å². The molecule has 0 aliphatic heterocycles. The summed E-state index contributed by atoms with van der Waals surface area (Å²) < 4.78 is 11.6. The SMILES string of the molecule is O=C(Oc1cccc2ccccc12)c1ccc(C(=O)Oc2cccc3ccccc23)c2ccccc12. The molecule has 0 spiro atoms. The van der Waals surface area contributed by atoms with Crippen molar-refractivity contribution in [1.82, 2.24) is 0 Å². The number of hydrogen-bond donors (Lipinski definition) is 0. The number of fused-ring (bicyclic) bond motifs is 3. The van der Waals surface area contributed by atoms with E-state index >= 15 is 0 Å². The Bertz CT molecular complexity index is 1640. The normalized spacial score (nSPS) is 11.0. The predicted octanol–water partition coefficient (Wildman–Crippen LogP) is 7.58. The molecule has 0 bridgehead atoms. The lowest BCUT2D eigenvalue weighted by molar-refractivity contribution is 0.0726. The van der Waals surface area contributed by atoms with Crippen molar-refractivity contribution in [3.63, 3.8) is 0 Å². The van der Waals surface area contributed by atoms with Crippen molar-refractivity contribution in [1.29, 1.82) is 0 Å². The van der Waals surface area contributed by atoms with Crippen molar-refractivity contribution in [2.24, 2.45) is 0 Å². The molecule has 0 fully saturated rings. The molecule has 0 unspecified atom stereocenters. The van der Waals surface area contributed by atoms with Gasteiger partial charge in [0, 0.05) is 10.8 Å². The highest BCUT2D eigenvalue weighted by atomic mass is 16.5. The van der Waals surface area contributed by atoms with Gasteiger partial charge in [0.25, 0.3) is 0 Å². The first kappa shape index (κ1) is 21.6. The fourth-order valence-electron chi connectivity index (χ4n) is 4.53. The second kappa shape index (κ2) is 9.01. The van der Waals surface area contributed by atoms with Gasteiger partial charge in [-0.3, -0.25) is 0 Å². The van der Waals surface area contributed by atoms with E-state index in [0.29, 0.717) is 33.4 Å². The van der Waals surface area contributed by atoms with E-state index in [0.717, 1.165) is 21.5 Å². The van der Waals surface area contributed by atoms with Crippen molar-refractivity contribution in [3.8, 4) is 11.5 Å². The molecule has 0 radical (unpaired) electrons. The molecular formula is C32H20O4. The molecule has 0 saturated heterocycles. The molecule has 6 rings (SSSR count). The number of rotatable bonds is 4. The van der Waals surface area contributed by atoms with Crippen molar-refractivity contribution < 1.29 is 19.1 Å². The van der Waals surface area contributed by atoms with E-state index in [-0.39, 0.29) is 0 Å². The Labute approximate surface area is 207 Å². The minimum absolute atomic E-state index is 0.375. The highest BCUT2D eigenvalue weighted by molar-refractivity contribution is 6.13. The van der Waals surface area contributed by atoms with E-state index in [1.54, 1.807) is 24.3 Å². The molecular weight excluding hydrogens is 448 g/mol. The first-order chi connectivity index (χ1) is 17.7. The van der Waals surface area contributed by atoms with Crippen molar-refractivity contribution in [2.75, 3.05) is 0 Å². The molecule has 172 valence electrons. The quantitative estimate of drug-likeness (QED) is 0.198. The maximum absolute atomic E-state index is 13.3. The summed E-state index contributed by atoms with van der Waals surface area (Å²) in [6, 6.07) is 37.2. The predicted molar refractivity (Wildman–Crippen MR) is 142 cm³/mol. The smallest absolute Gasteiger partial charge is 0.344 e. The third kappa shape index (κ3) is 3.85. The van der Waals surface area contributed by atoms with Gasteiger partial charge in [0.15, 0.2) is 0 Å². The molecule has 4 heteroatoms. The van der Waals surface area contributed by atoms with Gasteiger partial charge in [0.05, 0.1) is 11.1 Å². The van der Waals surface area contributed by atoms with Crippen LogP contribution in [0.5, 0.6) is 11.5 Å². The van der Waals surface area contributed by atoms with Gasteiger partial charge in [0.1, 0.15) is 11.5 Å². The number of esters is 2. The molecule has 0 aliphatic rings. The van der Waals surface area contributed by atoms with Crippen LogP contribution in [-0.4, -0.2) is 11.9 Å². The molecule has 4 nitrogen and oxygen atoms in total. The minimum Gasteiger partial charge on any atom is -0.422 e. The lowest BCUT2D eigenvalue weighted by Gasteiger charge is -2.13. The third-order valence-corrected chi connectivity index (χ3v) is 6.27. The maximum Gasteiger partial charge on any atom is 0.344 e. The van der Waals surface area contributed by atoms with Gasteiger partial charge >= 0.3 is 11.9 Å². The average Bonchev–Trinajstić information content (AvgIpc) is 2.93. The van der Waals surface area contributed by atoms with Crippen LogP contribution < -0.4 is 9.47 Å². The minimum atomic E-state index is -0.489. The van der Waals surface area contributed by atoms with Crippen LogP contribution in [0.1, 0.15) is 20.7 Å². The Balaban J connectivity index is 1.36. The van der Waals surface area contributed by atoms with Gasteiger partial charge < -0.3 is 9.47 Å². The Morgan fingerprint density at radius 3 is 1.19 bits per heavy atom. The fraction of sp³-hybridized carbons (Fsp3) is 0. The van der Waals surface area contributed by atoms with Gasteiger partial charge in [-0.05, 0) is 45.8 Å². The molecule has 0 N–H and O–H groups in total. The highest BCUT2D eigenvalue weighted by Gasteiger charge is 2.20. The monoisotopic (exact) mass is 468 g/mol. The summed E-state index contributed by atoms with van der Waals surface area (Å²) in [5, 5.41) is 4.92.